The van der Waals surface area contributed by atoms with Gasteiger partial charge in [-0.3, -0.25) is 9.67 Å². The number of likely N-dealkylation sites (tertiary alicyclic amines) is 1. The number of thiophene rings is 1. The van der Waals surface area contributed by atoms with Crippen molar-refractivity contribution < 1.29 is 0 Å². The van der Waals surface area contributed by atoms with E-state index in [1.807, 2.05) is 0 Å². The Morgan fingerprint density at radius 1 is 1.53 bits per heavy atom. The van der Waals surface area contributed by atoms with Crippen LogP contribution in [0.25, 0.3) is 10.7 Å². The van der Waals surface area contributed by atoms with Crippen LogP contribution in [0.4, 0.5) is 0 Å². The van der Waals surface area contributed by atoms with Crippen molar-refractivity contribution in [2.75, 3.05) is 20.1 Å². The van der Waals surface area contributed by atoms with Crippen molar-refractivity contribution in [1.82, 2.24) is 19.7 Å². The molecule has 0 radical (unpaired) electrons. The maximum absolute atomic E-state index is 5.45. The number of hydrogen-bond donors (Lipinski definition) is 1. The molecule has 0 aliphatic carbocycles. The minimum atomic E-state index is 0.444. The van der Waals surface area contributed by atoms with E-state index in [1.165, 1.54) is 4.88 Å². The molecule has 6 heteroatoms. The van der Waals surface area contributed by atoms with Crippen LogP contribution in [0.2, 0.25) is 0 Å². The Kier molecular flexibility index (Phi) is 3.56. The first-order valence-corrected chi connectivity index (χ1v) is 7.85. The van der Waals surface area contributed by atoms with E-state index in [9.17, 15) is 0 Å². The molecule has 2 aromatic rings. The molecular formula is C13H18N4S2. The third-order valence-corrected chi connectivity index (χ3v) is 4.99. The van der Waals surface area contributed by atoms with E-state index < -0.39 is 0 Å². The molecule has 1 saturated heterocycles. The zero-order chi connectivity index (χ0) is 13.4. The van der Waals surface area contributed by atoms with Gasteiger partial charge in [0.2, 0.25) is 0 Å². The standard InChI is InChI=1S/C13H18N4S2/c1-9-8-16(2)6-5-10(9)17-12(14-15-13(17)18)11-4-3-7-19-11/h3-4,7,9-10H,5-6,8H2,1-2H3,(H,15,18). The van der Waals surface area contributed by atoms with Crippen LogP contribution < -0.4 is 0 Å². The molecule has 0 saturated carbocycles. The molecule has 4 nitrogen and oxygen atoms in total. The summed E-state index contributed by atoms with van der Waals surface area (Å²) >= 11 is 7.16. The number of H-pyrrole nitrogens is 1. The fourth-order valence-corrected chi connectivity index (χ4v) is 3.90. The molecule has 1 aliphatic rings. The fourth-order valence-electron chi connectivity index (χ4n) is 2.92. The Balaban J connectivity index is 2.01. The second-order valence-electron chi connectivity index (χ2n) is 5.30. The monoisotopic (exact) mass is 294 g/mol. The lowest BCUT2D eigenvalue weighted by molar-refractivity contribution is 0.159. The SMILES string of the molecule is CC1CN(C)CCC1n1c(-c2cccs2)n[nH]c1=S. The van der Waals surface area contributed by atoms with Crippen LogP contribution >= 0.6 is 23.6 Å². The molecule has 1 aliphatic heterocycles. The first kappa shape index (κ1) is 13.0. The van der Waals surface area contributed by atoms with Crippen LogP contribution in [0, 0.1) is 10.7 Å². The molecular weight excluding hydrogens is 276 g/mol. The van der Waals surface area contributed by atoms with Gasteiger partial charge >= 0.3 is 0 Å². The summed E-state index contributed by atoms with van der Waals surface area (Å²) in [6, 6.07) is 4.60. The largest absolute Gasteiger partial charge is 0.306 e. The normalized spacial score (nSPS) is 24.7. The molecule has 0 bridgehead atoms. The maximum atomic E-state index is 5.45. The van der Waals surface area contributed by atoms with Crippen LogP contribution in [0.5, 0.6) is 0 Å². The average Bonchev–Trinajstić information content (AvgIpc) is 2.99. The molecule has 0 aromatic carbocycles. The van der Waals surface area contributed by atoms with Gasteiger partial charge in [0.1, 0.15) is 0 Å². The predicted octanol–water partition coefficient (Wildman–Crippen LogP) is 3.18. The van der Waals surface area contributed by atoms with Gasteiger partial charge in [-0.25, -0.2) is 0 Å². The van der Waals surface area contributed by atoms with Crippen molar-refractivity contribution in [2.24, 2.45) is 5.92 Å². The van der Waals surface area contributed by atoms with E-state index in [0.717, 1.165) is 30.1 Å². The van der Waals surface area contributed by atoms with Gasteiger partial charge in [-0.15, -0.1) is 11.3 Å². The maximum Gasteiger partial charge on any atom is 0.195 e. The van der Waals surface area contributed by atoms with Crippen molar-refractivity contribution in [2.45, 2.75) is 19.4 Å². The molecule has 0 spiro atoms. The quantitative estimate of drug-likeness (QED) is 0.864. The van der Waals surface area contributed by atoms with Crippen molar-refractivity contribution >= 4 is 23.6 Å². The minimum Gasteiger partial charge on any atom is -0.306 e. The Hall–Kier alpha value is -0.980. The van der Waals surface area contributed by atoms with E-state index in [4.69, 9.17) is 12.2 Å². The van der Waals surface area contributed by atoms with Gasteiger partial charge in [0, 0.05) is 12.6 Å². The van der Waals surface area contributed by atoms with Gasteiger partial charge in [0.25, 0.3) is 0 Å². The van der Waals surface area contributed by atoms with Crippen molar-refractivity contribution in [3.63, 3.8) is 0 Å². The summed E-state index contributed by atoms with van der Waals surface area (Å²) in [5.74, 6) is 1.57. The summed E-state index contributed by atoms with van der Waals surface area (Å²) < 4.78 is 2.96. The predicted molar refractivity (Wildman–Crippen MR) is 81.0 cm³/mol. The fraction of sp³-hybridized carbons (Fsp3) is 0.538. The van der Waals surface area contributed by atoms with Gasteiger partial charge in [-0.1, -0.05) is 13.0 Å². The van der Waals surface area contributed by atoms with E-state index in [0.29, 0.717) is 12.0 Å². The first-order valence-electron chi connectivity index (χ1n) is 6.56. The zero-order valence-corrected chi connectivity index (χ0v) is 12.8. The highest BCUT2D eigenvalue weighted by Gasteiger charge is 2.28. The first-order chi connectivity index (χ1) is 9.16. The molecule has 19 heavy (non-hydrogen) atoms. The van der Waals surface area contributed by atoms with E-state index >= 15 is 0 Å². The highest BCUT2D eigenvalue weighted by Crippen LogP contribution is 2.32. The Morgan fingerprint density at radius 2 is 2.37 bits per heavy atom. The Bertz CT molecular complexity index is 598. The number of piperidine rings is 1. The second kappa shape index (κ2) is 5.19. The van der Waals surface area contributed by atoms with Gasteiger partial charge in [0.05, 0.1) is 4.88 Å². The molecule has 102 valence electrons. The highest BCUT2D eigenvalue weighted by atomic mass is 32.1. The van der Waals surface area contributed by atoms with Gasteiger partial charge in [-0.2, -0.15) is 5.10 Å². The van der Waals surface area contributed by atoms with Crippen molar-refractivity contribution in [3.8, 4) is 10.7 Å². The topological polar surface area (TPSA) is 36.9 Å². The average molecular weight is 294 g/mol. The molecule has 2 unspecified atom stereocenters. The summed E-state index contributed by atoms with van der Waals surface area (Å²) in [5, 5.41) is 9.47. The van der Waals surface area contributed by atoms with Crippen molar-refractivity contribution in [1.29, 1.82) is 0 Å². The molecule has 2 atom stereocenters. The summed E-state index contributed by atoms with van der Waals surface area (Å²) in [6.07, 6.45) is 1.13. The van der Waals surface area contributed by atoms with Crippen LogP contribution in [-0.2, 0) is 0 Å². The number of aromatic nitrogens is 3. The third-order valence-electron chi connectivity index (χ3n) is 3.84. The summed E-state index contributed by atoms with van der Waals surface area (Å²) in [5.41, 5.74) is 0. The number of rotatable bonds is 2. The number of nitrogens with one attached hydrogen (secondary N) is 1. The van der Waals surface area contributed by atoms with Gasteiger partial charge in [-0.05, 0) is 49.6 Å². The second-order valence-corrected chi connectivity index (χ2v) is 6.63. The van der Waals surface area contributed by atoms with E-state index in [2.05, 4.69) is 51.1 Å². The summed E-state index contributed by atoms with van der Waals surface area (Å²) in [6.45, 7) is 4.53. The Morgan fingerprint density at radius 3 is 3.05 bits per heavy atom. The van der Waals surface area contributed by atoms with Crippen LogP contribution in [0.1, 0.15) is 19.4 Å². The lowest BCUT2D eigenvalue weighted by Crippen LogP contribution is -2.38. The lowest BCUT2D eigenvalue weighted by atomic mass is 9.94. The third kappa shape index (κ3) is 2.40. The van der Waals surface area contributed by atoms with Gasteiger partial charge in [0.15, 0.2) is 10.6 Å². The van der Waals surface area contributed by atoms with E-state index in [1.54, 1.807) is 11.3 Å². The summed E-state index contributed by atoms with van der Waals surface area (Å²) in [4.78, 5) is 3.56. The number of nitrogens with zero attached hydrogens (tertiary/aromatic N) is 3. The Labute approximate surface area is 122 Å². The molecule has 2 aromatic heterocycles. The molecule has 1 N–H and O–H groups in total. The smallest absolute Gasteiger partial charge is 0.195 e. The summed E-state index contributed by atoms with van der Waals surface area (Å²) in [7, 11) is 2.18. The lowest BCUT2D eigenvalue weighted by Gasteiger charge is -2.35. The van der Waals surface area contributed by atoms with Crippen LogP contribution in [-0.4, -0.2) is 39.8 Å². The minimum absolute atomic E-state index is 0.444. The molecule has 3 heterocycles. The van der Waals surface area contributed by atoms with Crippen LogP contribution in [0.3, 0.4) is 0 Å². The number of aromatic amines is 1. The van der Waals surface area contributed by atoms with Gasteiger partial charge < -0.3 is 4.90 Å². The number of hydrogen-bond acceptors (Lipinski definition) is 4. The van der Waals surface area contributed by atoms with Crippen LogP contribution in [0.15, 0.2) is 17.5 Å². The zero-order valence-electron chi connectivity index (χ0n) is 11.2. The highest BCUT2D eigenvalue weighted by molar-refractivity contribution is 7.71. The van der Waals surface area contributed by atoms with E-state index in [-0.39, 0.29) is 0 Å². The molecule has 0 amide bonds. The van der Waals surface area contributed by atoms with Crippen molar-refractivity contribution in [3.05, 3.63) is 22.3 Å². The molecule has 3 rings (SSSR count). The molecule has 1 fully saturated rings.